The quantitative estimate of drug-likeness (QED) is 0.678. The minimum absolute atomic E-state index is 0.127. The summed E-state index contributed by atoms with van der Waals surface area (Å²) in [7, 11) is 0. The van der Waals surface area contributed by atoms with Crippen molar-refractivity contribution in [1.82, 2.24) is 0 Å². The average Bonchev–Trinajstić information content (AvgIpc) is 2.46. The highest BCUT2D eigenvalue weighted by atomic mass is 19.1. The molecule has 0 atom stereocenters. The van der Waals surface area contributed by atoms with E-state index in [2.05, 4.69) is 0 Å². The molecule has 0 bridgehead atoms. The van der Waals surface area contributed by atoms with Crippen LogP contribution in [0.25, 0.3) is 0 Å². The number of rotatable bonds is 5. The van der Waals surface area contributed by atoms with Crippen LogP contribution >= 0.6 is 0 Å². The zero-order valence-corrected chi connectivity index (χ0v) is 11.5. The molecular formula is C15H15FN2O3. The second-order valence-corrected chi connectivity index (χ2v) is 4.62. The van der Waals surface area contributed by atoms with Gasteiger partial charge in [-0.05, 0) is 41.8 Å². The highest BCUT2D eigenvalue weighted by molar-refractivity contribution is 5.48. The van der Waals surface area contributed by atoms with Crippen molar-refractivity contribution in [1.29, 1.82) is 0 Å². The maximum Gasteiger partial charge on any atom is 0.311 e. The lowest BCUT2D eigenvalue weighted by atomic mass is 10.1. The van der Waals surface area contributed by atoms with Crippen LogP contribution in [0.3, 0.4) is 0 Å². The Labute approximate surface area is 121 Å². The molecule has 0 saturated carbocycles. The maximum atomic E-state index is 13.0. The van der Waals surface area contributed by atoms with Crippen molar-refractivity contribution < 1.29 is 14.1 Å². The molecule has 0 aromatic heterocycles. The number of nitro benzene ring substituents is 1. The van der Waals surface area contributed by atoms with E-state index in [1.165, 1.54) is 24.3 Å². The molecule has 0 radical (unpaired) electrons. The molecule has 0 aliphatic rings. The summed E-state index contributed by atoms with van der Waals surface area (Å²) < 4.78 is 18.5. The Kier molecular flexibility index (Phi) is 4.49. The Morgan fingerprint density at radius 1 is 1.29 bits per heavy atom. The summed E-state index contributed by atoms with van der Waals surface area (Å²) in [5, 5.41) is 11.0. The fourth-order valence-corrected chi connectivity index (χ4v) is 1.93. The van der Waals surface area contributed by atoms with E-state index in [1.807, 2.05) is 0 Å². The number of halogens is 1. The van der Waals surface area contributed by atoms with E-state index in [-0.39, 0.29) is 30.4 Å². The largest absolute Gasteiger partial charge is 0.482 e. The SMILES string of the molecule is Cc1cc(F)ccc1COc1ccc(CN)cc1[N+](=O)[O-]. The van der Waals surface area contributed by atoms with Crippen LogP contribution < -0.4 is 10.5 Å². The number of aryl methyl sites for hydroxylation is 1. The summed E-state index contributed by atoms with van der Waals surface area (Å²) in [5.74, 6) is -0.157. The molecule has 0 fully saturated rings. The van der Waals surface area contributed by atoms with Gasteiger partial charge in [-0.3, -0.25) is 10.1 Å². The summed E-state index contributed by atoms with van der Waals surface area (Å²) in [5.41, 5.74) is 7.51. The van der Waals surface area contributed by atoms with Crippen LogP contribution in [-0.4, -0.2) is 4.92 Å². The fraction of sp³-hybridized carbons (Fsp3) is 0.200. The molecule has 0 amide bonds. The maximum absolute atomic E-state index is 13.0. The van der Waals surface area contributed by atoms with Crippen LogP contribution in [0.1, 0.15) is 16.7 Å². The number of benzene rings is 2. The molecule has 0 spiro atoms. The Bertz CT molecular complexity index is 674. The minimum Gasteiger partial charge on any atom is -0.482 e. The van der Waals surface area contributed by atoms with Crippen LogP contribution in [0.15, 0.2) is 36.4 Å². The number of nitrogens with two attached hydrogens (primary N) is 1. The van der Waals surface area contributed by atoms with Crippen LogP contribution in [0.2, 0.25) is 0 Å². The number of nitrogens with zero attached hydrogens (tertiary/aromatic N) is 1. The zero-order chi connectivity index (χ0) is 15.4. The van der Waals surface area contributed by atoms with Crippen LogP contribution in [0, 0.1) is 22.9 Å². The molecule has 6 heteroatoms. The molecule has 5 nitrogen and oxygen atoms in total. The van der Waals surface area contributed by atoms with E-state index in [0.29, 0.717) is 5.56 Å². The molecule has 0 saturated heterocycles. The highest BCUT2D eigenvalue weighted by Gasteiger charge is 2.16. The Balaban J connectivity index is 2.21. The predicted molar refractivity (Wildman–Crippen MR) is 76.5 cm³/mol. The molecule has 21 heavy (non-hydrogen) atoms. The van der Waals surface area contributed by atoms with Crippen molar-refractivity contribution in [3.05, 3.63) is 69.0 Å². The van der Waals surface area contributed by atoms with E-state index < -0.39 is 4.92 Å². The molecule has 2 N–H and O–H groups in total. The molecule has 2 rings (SSSR count). The van der Waals surface area contributed by atoms with E-state index in [1.54, 1.807) is 19.1 Å². The molecule has 2 aromatic carbocycles. The van der Waals surface area contributed by atoms with Gasteiger partial charge in [-0.2, -0.15) is 0 Å². The van der Waals surface area contributed by atoms with Crippen molar-refractivity contribution in [2.75, 3.05) is 0 Å². The fourth-order valence-electron chi connectivity index (χ4n) is 1.93. The van der Waals surface area contributed by atoms with Gasteiger partial charge in [-0.1, -0.05) is 12.1 Å². The van der Waals surface area contributed by atoms with Gasteiger partial charge in [0.25, 0.3) is 0 Å². The van der Waals surface area contributed by atoms with E-state index >= 15 is 0 Å². The first-order valence-electron chi connectivity index (χ1n) is 6.36. The van der Waals surface area contributed by atoms with E-state index in [0.717, 1.165) is 11.1 Å². The van der Waals surface area contributed by atoms with Gasteiger partial charge in [-0.25, -0.2) is 4.39 Å². The number of hydrogen-bond acceptors (Lipinski definition) is 4. The number of nitro groups is 1. The van der Waals surface area contributed by atoms with Crippen LogP contribution in [-0.2, 0) is 13.2 Å². The molecule has 0 aliphatic carbocycles. The number of ether oxygens (including phenoxy) is 1. The van der Waals surface area contributed by atoms with Gasteiger partial charge in [0.2, 0.25) is 0 Å². The van der Waals surface area contributed by atoms with Gasteiger partial charge >= 0.3 is 5.69 Å². The molecular weight excluding hydrogens is 275 g/mol. The summed E-state index contributed by atoms with van der Waals surface area (Å²) >= 11 is 0. The summed E-state index contributed by atoms with van der Waals surface area (Å²) in [4.78, 5) is 10.5. The Morgan fingerprint density at radius 2 is 2.05 bits per heavy atom. The van der Waals surface area contributed by atoms with Crippen LogP contribution in [0.4, 0.5) is 10.1 Å². The normalized spacial score (nSPS) is 10.4. The first-order valence-corrected chi connectivity index (χ1v) is 6.36. The average molecular weight is 290 g/mol. The molecule has 2 aromatic rings. The summed E-state index contributed by atoms with van der Waals surface area (Å²) in [6.45, 7) is 2.11. The Hall–Kier alpha value is -2.47. The van der Waals surface area contributed by atoms with Crippen molar-refractivity contribution in [3.63, 3.8) is 0 Å². The molecule has 0 heterocycles. The van der Waals surface area contributed by atoms with Gasteiger partial charge in [0.1, 0.15) is 12.4 Å². The van der Waals surface area contributed by atoms with Crippen molar-refractivity contribution >= 4 is 5.69 Å². The van der Waals surface area contributed by atoms with Gasteiger partial charge in [-0.15, -0.1) is 0 Å². The molecule has 110 valence electrons. The lowest BCUT2D eigenvalue weighted by molar-refractivity contribution is -0.386. The third-order valence-corrected chi connectivity index (χ3v) is 3.14. The third kappa shape index (κ3) is 3.55. The molecule has 0 unspecified atom stereocenters. The monoisotopic (exact) mass is 290 g/mol. The third-order valence-electron chi connectivity index (χ3n) is 3.14. The minimum atomic E-state index is -0.508. The first kappa shape index (κ1) is 14.9. The smallest absolute Gasteiger partial charge is 0.311 e. The van der Waals surface area contributed by atoms with Crippen LogP contribution in [0.5, 0.6) is 5.75 Å². The topological polar surface area (TPSA) is 78.4 Å². The standard InChI is InChI=1S/C15H15FN2O3/c1-10-6-13(16)4-3-12(10)9-21-15-5-2-11(8-17)7-14(15)18(19)20/h2-7H,8-9,17H2,1H3. The zero-order valence-electron chi connectivity index (χ0n) is 11.5. The lowest BCUT2D eigenvalue weighted by Crippen LogP contribution is -2.03. The molecule has 0 aliphatic heterocycles. The van der Waals surface area contributed by atoms with Crippen molar-refractivity contribution in [3.8, 4) is 5.75 Å². The van der Waals surface area contributed by atoms with Crippen molar-refractivity contribution in [2.24, 2.45) is 5.73 Å². The van der Waals surface area contributed by atoms with E-state index in [9.17, 15) is 14.5 Å². The number of hydrogen-bond donors (Lipinski definition) is 1. The van der Waals surface area contributed by atoms with Gasteiger partial charge in [0, 0.05) is 12.6 Å². The Morgan fingerprint density at radius 3 is 2.67 bits per heavy atom. The summed E-state index contributed by atoms with van der Waals surface area (Å²) in [6, 6.07) is 8.93. The predicted octanol–water partition coefficient (Wildman–Crippen LogP) is 3.08. The van der Waals surface area contributed by atoms with Gasteiger partial charge in [0.05, 0.1) is 4.92 Å². The first-order chi connectivity index (χ1) is 10.0. The lowest BCUT2D eigenvalue weighted by Gasteiger charge is -2.10. The summed E-state index contributed by atoms with van der Waals surface area (Å²) in [6.07, 6.45) is 0. The highest BCUT2D eigenvalue weighted by Crippen LogP contribution is 2.29. The van der Waals surface area contributed by atoms with Gasteiger partial charge < -0.3 is 10.5 Å². The second kappa shape index (κ2) is 6.32. The van der Waals surface area contributed by atoms with Gasteiger partial charge in [0.15, 0.2) is 5.75 Å². The van der Waals surface area contributed by atoms with Crippen molar-refractivity contribution in [2.45, 2.75) is 20.1 Å². The second-order valence-electron chi connectivity index (χ2n) is 4.62. The van der Waals surface area contributed by atoms with E-state index in [4.69, 9.17) is 10.5 Å².